The van der Waals surface area contributed by atoms with Crippen molar-refractivity contribution in [3.05, 3.63) is 93.6 Å². The fourth-order valence-corrected chi connectivity index (χ4v) is 3.43. The SMILES string of the molecule is CC(C)=CC/C(C)=C/CCc1c(O)ccc(C(=O)/C=C/c2ccc(O)c(CC=C(C)C)c2)c1O. The van der Waals surface area contributed by atoms with E-state index in [4.69, 9.17) is 0 Å². The van der Waals surface area contributed by atoms with Crippen LogP contribution in [0.2, 0.25) is 0 Å². The summed E-state index contributed by atoms with van der Waals surface area (Å²) in [5.41, 5.74) is 5.72. The largest absolute Gasteiger partial charge is 0.508 e. The van der Waals surface area contributed by atoms with Gasteiger partial charge in [-0.15, -0.1) is 0 Å². The monoisotopic (exact) mass is 460 g/mol. The van der Waals surface area contributed by atoms with Crippen LogP contribution in [0.3, 0.4) is 0 Å². The number of carbonyl (C=O) groups excluding carboxylic acids is 1. The van der Waals surface area contributed by atoms with Gasteiger partial charge in [-0.25, -0.2) is 0 Å². The van der Waals surface area contributed by atoms with Crippen LogP contribution in [0.15, 0.2) is 71.4 Å². The Bertz CT molecular complexity index is 1140. The molecule has 0 aromatic heterocycles. The van der Waals surface area contributed by atoms with Crippen LogP contribution in [0.4, 0.5) is 0 Å². The van der Waals surface area contributed by atoms with Crippen molar-refractivity contribution in [3.63, 3.8) is 0 Å². The molecule has 0 saturated heterocycles. The summed E-state index contributed by atoms with van der Waals surface area (Å²) >= 11 is 0. The van der Waals surface area contributed by atoms with E-state index >= 15 is 0 Å². The van der Waals surface area contributed by atoms with Crippen LogP contribution in [0.25, 0.3) is 6.08 Å². The quantitative estimate of drug-likeness (QED) is 0.195. The van der Waals surface area contributed by atoms with Crippen molar-refractivity contribution in [2.45, 2.75) is 60.3 Å². The summed E-state index contributed by atoms with van der Waals surface area (Å²) in [6.07, 6.45) is 11.9. The molecule has 2 rings (SSSR count). The van der Waals surface area contributed by atoms with Gasteiger partial charge in [0.05, 0.1) is 5.56 Å². The highest BCUT2D eigenvalue weighted by atomic mass is 16.3. The van der Waals surface area contributed by atoms with Crippen molar-refractivity contribution >= 4 is 11.9 Å². The number of phenols is 3. The average molecular weight is 461 g/mol. The maximum Gasteiger partial charge on any atom is 0.189 e. The summed E-state index contributed by atoms with van der Waals surface area (Å²) in [5.74, 6) is -0.337. The second-order valence-corrected chi connectivity index (χ2v) is 9.11. The second-order valence-electron chi connectivity index (χ2n) is 9.11. The van der Waals surface area contributed by atoms with Crippen molar-refractivity contribution in [1.82, 2.24) is 0 Å². The van der Waals surface area contributed by atoms with Gasteiger partial charge in [0, 0.05) is 5.56 Å². The van der Waals surface area contributed by atoms with Crippen molar-refractivity contribution in [3.8, 4) is 17.2 Å². The molecule has 0 fully saturated rings. The van der Waals surface area contributed by atoms with E-state index in [1.54, 1.807) is 18.2 Å². The minimum atomic E-state index is -0.354. The average Bonchev–Trinajstić information content (AvgIpc) is 2.78. The zero-order valence-corrected chi connectivity index (χ0v) is 20.9. The summed E-state index contributed by atoms with van der Waals surface area (Å²) in [7, 11) is 0. The van der Waals surface area contributed by atoms with Crippen LogP contribution < -0.4 is 0 Å². The van der Waals surface area contributed by atoms with Gasteiger partial charge in [0.15, 0.2) is 5.78 Å². The number of carbonyl (C=O) groups is 1. The first-order valence-corrected chi connectivity index (χ1v) is 11.6. The van der Waals surface area contributed by atoms with Crippen LogP contribution in [0.1, 0.15) is 74.5 Å². The number of hydrogen-bond acceptors (Lipinski definition) is 4. The van der Waals surface area contributed by atoms with Gasteiger partial charge in [0.25, 0.3) is 0 Å². The molecule has 2 aromatic rings. The van der Waals surface area contributed by atoms with Crippen molar-refractivity contribution < 1.29 is 20.1 Å². The first kappa shape index (κ1) is 26.7. The predicted molar refractivity (Wildman–Crippen MR) is 141 cm³/mol. The lowest BCUT2D eigenvalue weighted by Crippen LogP contribution is -1.98. The Kier molecular flexibility index (Phi) is 9.93. The second kappa shape index (κ2) is 12.6. The van der Waals surface area contributed by atoms with E-state index in [0.717, 1.165) is 23.1 Å². The third-order valence-corrected chi connectivity index (χ3v) is 5.50. The van der Waals surface area contributed by atoms with Gasteiger partial charge in [-0.3, -0.25) is 4.79 Å². The van der Waals surface area contributed by atoms with Crippen LogP contribution in [-0.4, -0.2) is 21.1 Å². The Morgan fingerprint density at radius 1 is 0.853 bits per heavy atom. The molecule has 2 aromatic carbocycles. The molecule has 0 aliphatic carbocycles. The molecule has 0 aliphatic heterocycles. The Hall–Kier alpha value is -3.53. The molecule has 3 N–H and O–H groups in total. The zero-order chi connectivity index (χ0) is 25.3. The van der Waals surface area contributed by atoms with Crippen molar-refractivity contribution in [2.75, 3.05) is 0 Å². The number of rotatable bonds is 10. The standard InChI is InChI=1S/C30H36O4/c1-20(2)9-11-22(5)7-6-8-25-29(33)18-15-26(30(25)34)28(32)17-13-23-12-16-27(31)24(19-23)14-10-21(3)4/h7,9-10,12-13,15-19,31,33-34H,6,8,11,14H2,1-5H3/b17-13+,22-7+. The Morgan fingerprint density at radius 2 is 1.53 bits per heavy atom. The number of phenolic OH excluding ortho intramolecular Hbond substituents is 3. The molecule has 34 heavy (non-hydrogen) atoms. The molecule has 4 heteroatoms. The minimum Gasteiger partial charge on any atom is -0.508 e. The molecule has 0 aliphatic rings. The van der Waals surface area contributed by atoms with E-state index in [-0.39, 0.29) is 28.6 Å². The molecular weight excluding hydrogens is 424 g/mol. The molecule has 4 nitrogen and oxygen atoms in total. The molecule has 180 valence electrons. The molecule has 0 bridgehead atoms. The van der Waals surface area contributed by atoms with Crippen molar-refractivity contribution in [1.29, 1.82) is 0 Å². The minimum absolute atomic E-state index is 0.0178. The van der Waals surface area contributed by atoms with Crippen LogP contribution in [0, 0.1) is 0 Å². The molecular formula is C30H36O4. The van der Waals surface area contributed by atoms with Gasteiger partial charge >= 0.3 is 0 Å². The highest BCUT2D eigenvalue weighted by Crippen LogP contribution is 2.32. The van der Waals surface area contributed by atoms with Gasteiger partial charge in [0.1, 0.15) is 17.2 Å². The summed E-state index contributed by atoms with van der Waals surface area (Å²) in [6.45, 7) is 10.2. The highest BCUT2D eigenvalue weighted by molar-refractivity contribution is 6.09. The zero-order valence-electron chi connectivity index (χ0n) is 20.9. The maximum atomic E-state index is 12.8. The summed E-state index contributed by atoms with van der Waals surface area (Å²) in [4.78, 5) is 12.8. The first-order valence-electron chi connectivity index (χ1n) is 11.6. The van der Waals surface area contributed by atoms with E-state index < -0.39 is 0 Å². The van der Waals surface area contributed by atoms with Crippen LogP contribution in [-0.2, 0) is 12.8 Å². The van der Waals surface area contributed by atoms with Crippen molar-refractivity contribution in [2.24, 2.45) is 0 Å². The Labute approximate surface area is 203 Å². The molecule has 0 amide bonds. The van der Waals surface area contributed by atoms with Crippen LogP contribution >= 0.6 is 0 Å². The van der Waals surface area contributed by atoms with E-state index in [1.165, 1.54) is 29.4 Å². The van der Waals surface area contributed by atoms with E-state index in [0.29, 0.717) is 24.8 Å². The topological polar surface area (TPSA) is 77.8 Å². The van der Waals surface area contributed by atoms with Gasteiger partial charge in [-0.05, 0) is 102 Å². The Balaban J connectivity index is 2.17. The van der Waals surface area contributed by atoms with Gasteiger partial charge in [-0.2, -0.15) is 0 Å². The lowest BCUT2D eigenvalue weighted by atomic mass is 9.99. The lowest BCUT2D eigenvalue weighted by Gasteiger charge is -2.10. The van der Waals surface area contributed by atoms with E-state index in [2.05, 4.69) is 32.9 Å². The molecule has 0 saturated carbocycles. The maximum absolute atomic E-state index is 12.8. The third-order valence-electron chi connectivity index (χ3n) is 5.50. The summed E-state index contributed by atoms with van der Waals surface area (Å²) < 4.78 is 0. The third kappa shape index (κ3) is 8.11. The Morgan fingerprint density at radius 3 is 2.21 bits per heavy atom. The normalized spacial score (nSPS) is 11.5. The number of ketones is 1. The van der Waals surface area contributed by atoms with Gasteiger partial charge in [0.2, 0.25) is 0 Å². The van der Waals surface area contributed by atoms with E-state index in [9.17, 15) is 20.1 Å². The van der Waals surface area contributed by atoms with E-state index in [1.807, 2.05) is 26.0 Å². The smallest absolute Gasteiger partial charge is 0.189 e. The molecule has 0 unspecified atom stereocenters. The molecule has 0 spiro atoms. The van der Waals surface area contributed by atoms with Gasteiger partial charge < -0.3 is 15.3 Å². The summed E-state index contributed by atoms with van der Waals surface area (Å²) in [5, 5.41) is 31.0. The highest BCUT2D eigenvalue weighted by Gasteiger charge is 2.16. The molecule has 0 heterocycles. The first-order chi connectivity index (χ1) is 16.1. The molecule has 0 atom stereocenters. The number of aromatic hydroxyl groups is 3. The number of allylic oxidation sites excluding steroid dienone is 7. The fraction of sp³-hybridized carbons (Fsp3) is 0.300. The lowest BCUT2D eigenvalue weighted by molar-refractivity contribution is 0.104. The predicted octanol–water partition coefficient (Wildman–Crippen LogP) is 7.44. The van der Waals surface area contributed by atoms with Crippen LogP contribution in [0.5, 0.6) is 17.2 Å². The summed E-state index contributed by atoms with van der Waals surface area (Å²) in [6, 6.07) is 8.07. The molecule has 0 radical (unpaired) electrons. The number of benzene rings is 2. The van der Waals surface area contributed by atoms with Gasteiger partial charge in [-0.1, -0.05) is 47.1 Å². The fourth-order valence-electron chi connectivity index (χ4n) is 3.43. The number of hydrogen-bond donors (Lipinski definition) is 3.